The summed E-state index contributed by atoms with van der Waals surface area (Å²) >= 11 is 0. The summed E-state index contributed by atoms with van der Waals surface area (Å²) in [6, 6.07) is 16.5. The highest BCUT2D eigenvalue weighted by Crippen LogP contribution is 2.29. The van der Waals surface area contributed by atoms with Crippen LogP contribution in [0.3, 0.4) is 0 Å². The number of urea groups is 1. The number of hydrogen-bond acceptors (Lipinski definition) is 1. The molecule has 7 heteroatoms. The number of unbranched alkanes of at least 4 members (excludes halogenated alkanes) is 1. The van der Waals surface area contributed by atoms with E-state index in [0.29, 0.717) is 25.2 Å². The van der Waals surface area contributed by atoms with Crippen molar-refractivity contribution in [1.29, 1.82) is 0 Å². The van der Waals surface area contributed by atoms with Gasteiger partial charge in [0.2, 0.25) is 0 Å². The average Bonchev–Trinajstić information content (AvgIpc) is 3.17. The number of hydrogen-bond donors (Lipinski definition) is 1. The zero-order valence-electron chi connectivity index (χ0n) is 18.3. The Labute approximate surface area is 186 Å². The number of nitrogens with one attached hydrogen (secondary N) is 1. The summed E-state index contributed by atoms with van der Waals surface area (Å²) in [7, 11) is 0. The lowest BCUT2D eigenvalue weighted by atomic mass is 10.1. The third-order valence-corrected chi connectivity index (χ3v) is 5.22. The highest BCUT2D eigenvalue weighted by atomic mass is 19.4. The fraction of sp³-hybridized carbons (Fsp3) is 0.320. The van der Waals surface area contributed by atoms with E-state index in [4.69, 9.17) is 0 Å². The number of aryl methyl sites for hydroxylation is 1. The lowest BCUT2D eigenvalue weighted by Crippen LogP contribution is -2.36. The van der Waals surface area contributed by atoms with Crippen LogP contribution in [0.15, 0.2) is 66.9 Å². The van der Waals surface area contributed by atoms with Crippen molar-refractivity contribution in [2.75, 3.05) is 11.9 Å². The summed E-state index contributed by atoms with van der Waals surface area (Å²) in [5.74, 6) is 0. The molecular weight excluding hydrogens is 415 g/mol. The molecule has 0 bridgehead atoms. The van der Waals surface area contributed by atoms with Gasteiger partial charge < -0.3 is 14.8 Å². The molecule has 0 radical (unpaired) electrons. The van der Waals surface area contributed by atoms with E-state index in [2.05, 4.69) is 12.2 Å². The van der Waals surface area contributed by atoms with Gasteiger partial charge in [-0.3, -0.25) is 0 Å². The van der Waals surface area contributed by atoms with Crippen molar-refractivity contribution in [1.82, 2.24) is 9.47 Å². The number of rotatable bonds is 8. The van der Waals surface area contributed by atoms with Crippen LogP contribution in [0.4, 0.5) is 23.7 Å². The van der Waals surface area contributed by atoms with E-state index >= 15 is 0 Å². The highest BCUT2D eigenvalue weighted by molar-refractivity contribution is 5.89. The van der Waals surface area contributed by atoms with Crippen molar-refractivity contribution in [3.8, 4) is 0 Å². The lowest BCUT2D eigenvalue weighted by molar-refractivity contribution is -0.137. The Hall–Kier alpha value is -3.22. The van der Waals surface area contributed by atoms with Crippen LogP contribution in [0.5, 0.6) is 0 Å². The molecule has 2 amide bonds. The predicted octanol–water partition coefficient (Wildman–Crippen LogP) is 6.70. The molecule has 0 aliphatic carbocycles. The van der Waals surface area contributed by atoms with Gasteiger partial charge in [0.25, 0.3) is 0 Å². The fourth-order valence-electron chi connectivity index (χ4n) is 3.51. The molecule has 1 N–H and O–H groups in total. The smallest absolute Gasteiger partial charge is 0.345 e. The molecule has 0 saturated carbocycles. The van der Waals surface area contributed by atoms with E-state index in [0.717, 1.165) is 35.9 Å². The minimum absolute atomic E-state index is 0.198. The number of benzene rings is 2. The van der Waals surface area contributed by atoms with Crippen LogP contribution in [0.1, 0.15) is 42.1 Å². The normalized spacial score (nSPS) is 11.4. The number of carbonyl (C=O) groups excluding carboxylic acids is 1. The van der Waals surface area contributed by atoms with Crippen molar-refractivity contribution < 1.29 is 18.0 Å². The van der Waals surface area contributed by atoms with Crippen LogP contribution in [0.2, 0.25) is 0 Å². The van der Waals surface area contributed by atoms with Crippen molar-refractivity contribution in [2.24, 2.45) is 0 Å². The van der Waals surface area contributed by atoms with Crippen LogP contribution in [0.25, 0.3) is 0 Å². The number of aromatic nitrogens is 1. The number of carbonyl (C=O) groups is 1. The average molecular weight is 444 g/mol. The first-order chi connectivity index (χ1) is 15.3. The second-order valence-corrected chi connectivity index (χ2v) is 7.90. The van der Waals surface area contributed by atoms with Gasteiger partial charge in [-0.2, -0.15) is 13.2 Å². The van der Waals surface area contributed by atoms with E-state index in [9.17, 15) is 18.0 Å². The van der Waals surface area contributed by atoms with E-state index in [1.165, 1.54) is 12.1 Å². The van der Waals surface area contributed by atoms with Crippen molar-refractivity contribution in [2.45, 2.75) is 46.0 Å². The zero-order chi connectivity index (χ0) is 23.1. The molecule has 0 atom stereocenters. The molecule has 1 heterocycles. The summed E-state index contributed by atoms with van der Waals surface area (Å²) in [4.78, 5) is 14.7. The molecule has 3 aromatic rings. The van der Waals surface area contributed by atoms with Crippen molar-refractivity contribution in [3.05, 3.63) is 89.2 Å². The quantitative estimate of drug-likeness (QED) is 0.413. The van der Waals surface area contributed by atoms with Crippen LogP contribution < -0.4 is 5.32 Å². The third-order valence-electron chi connectivity index (χ3n) is 5.22. The summed E-state index contributed by atoms with van der Waals surface area (Å²) in [6.07, 6.45) is -0.749. The van der Waals surface area contributed by atoms with Gasteiger partial charge in [-0.05, 0) is 60.9 Å². The lowest BCUT2D eigenvalue weighted by Gasteiger charge is -2.24. The maximum atomic E-state index is 13.1. The Morgan fingerprint density at radius 1 is 1.06 bits per heavy atom. The van der Waals surface area contributed by atoms with Gasteiger partial charge in [-0.25, -0.2) is 4.79 Å². The summed E-state index contributed by atoms with van der Waals surface area (Å²) in [6.45, 7) is 5.28. The van der Waals surface area contributed by atoms with Crippen LogP contribution in [-0.4, -0.2) is 22.0 Å². The third kappa shape index (κ3) is 6.39. The van der Waals surface area contributed by atoms with Crippen molar-refractivity contribution >= 4 is 11.7 Å². The largest absolute Gasteiger partial charge is 0.416 e. The highest BCUT2D eigenvalue weighted by Gasteiger charge is 2.30. The first kappa shape index (κ1) is 23.4. The monoisotopic (exact) mass is 443 g/mol. The standard InChI is InChI=1S/C25H28F3N3O/c1-3-4-13-31(24(32)29-22-11-5-8-19(2)15-22)18-23-12-7-14-30(23)17-20-9-6-10-21(16-20)25(26,27)28/h5-12,14-16H,3-4,13,17-18H2,1-2H3,(H,29,32). The number of anilines is 1. The Kier molecular flexibility index (Phi) is 7.62. The number of halogens is 3. The molecule has 4 nitrogen and oxygen atoms in total. The molecule has 0 fully saturated rings. The molecule has 2 aromatic carbocycles. The predicted molar refractivity (Wildman–Crippen MR) is 120 cm³/mol. The molecule has 0 spiro atoms. The number of nitrogens with zero attached hydrogens (tertiary/aromatic N) is 2. The van der Waals surface area contributed by atoms with Gasteiger partial charge in [0.15, 0.2) is 0 Å². The molecular formula is C25H28F3N3O. The molecule has 0 aliphatic heterocycles. The first-order valence-corrected chi connectivity index (χ1v) is 10.7. The van der Waals surface area contributed by atoms with Gasteiger partial charge in [-0.1, -0.05) is 37.6 Å². The SMILES string of the molecule is CCCCN(Cc1cccn1Cc1cccc(C(F)(F)F)c1)C(=O)Nc1cccc(C)c1. The molecule has 0 saturated heterocycles. The maximum Gasteiger partial charge on any atom is 0.416 e. The fourth-order valence-corrected chi connectivity index (χ4v) is 3.51. The van der Waals surface area contributed by atoms with Crippen LogP contribution >= 0.6 is 0 Å². The number of amides is 2. The van der Waals surface area contributed by atoms with Gasteiger partial charge in [0, 0.05) is 30.7 Å². The minimum Gasteiger partial charge on any atom is -0.345 e. The molecule has 0 unspecified atom stereocenters. The van der Waals surface area contributed by atoms with Gasteiger partial charge in [-0.15, -0.1) is 0 Å². The Balaban J connectivity index is 1.75. The maximum absolute atomic E-state index is 13.1. The topological polar surface area (TPSA) is 37.3 Å². The molecule has 170 valence electrons. The Bertz CT molecular complexity index is 1040. The number of alkyl halides is 3. The molecule has 32 heavy (non-hydrogen) atoms. The summed E-state index contributed by atoms with van der Waals surface area (Å²) in [5.41, 5.74) is 2.54. The Morgan fingerprint density at radius 2 is 1.84 bits per heavy atom. The van der Waals surface area contributed by atoms with E-state index in [1.807, 2.05) is 54.1 Å². The molecule has 0 aliphatic rings. The summed E-state index contributed by atoms with van der Waals surface area (Å²) in [5, 5.41) is 2.95. The van der Waals surface area contributed by atoms with Gasteiger partial charge in [0.1, 0.15) is 0 Å². The molecule has 1 aromatic heterocycles. The van der Waals surface area contributed by atoms with Crippen molar-refractivity contribution in [3.63, 3.8) is 0 Å². The zero-order valence-corrected chi connectivity index (χ0v) is 18.3. The van der Waals surface area contributed by atoms with E-state index in [-0.39, 0.29) is 6.03 Å². The second-order valence-electron chi connectivity index (χ2n) is 7.90. The van der Waals surface area contributed by atoms with Gasteiger partial charge in [0.05, 0.1) is 12.1 Å². The minimum atomic E-state index is -4.37. The second kappa shape index (κ2) is 10.4. The summed E-state index contributed by atoms with van der Waals surface area (Å²) < 4.78 is 41.0. The Morgan fingerprint density at radius 3 is 2.56 bits per heavy atom. The van der Waals surface area contributed by atoms with E-state index < -0.39 is 11.7 Å². The van der Waals surface area contributed by atoms with Crippen LogP contribution in [0, 0.1) is 6.92 Å². The van der Waals surface area contributed by atoms with Gasteiger partial charge >= 0.3 is 12.2 Å². The van der Waals surface area contributed by atoms with E-state index in [1.54, 1.807) is 11.0 Å². The molecule has 3 rings (SSSR count). The van der Waals surface area contributed by atoms with Crippen LogP contribution in [-0.2, 0) is 19.3 Å². The first-order valence-electron chi connectivity index (χ1n) is 10.7.